The number of hydrogen-bond donors (Lipinski definition) is 1. The summed E-state index contributed by atoms with van der Waals surface area (Å²) in [6.07, 6.45) is 0.849. The average Bonchev–Trinajstić information content (AvgIpc) is 2.74. The number of benzene rings is 2. The Kier molecular flexibility index (Phi) is 9.85. The zero-order chi connectivity index (χ0) is 22.8. The van der Waals surface area contributed by atoms with E-state index in [0.717, 1.165) is 21.5 Å². The summed E-state index contributed by atoms with van der Waals surface area (Å²) in [5, 5.41) is 2.90. The van der Waals surface area contributed by atoms with Gasteiger partial charge in [0.15, 0.2) is 0 Å². The second kappa shape index (κ2) is 12.3. The quantitative estimate of drug-likeness (QED) is 0.468. The number of amides is 2. The van der Waals surface area contributed by atoms with Crippen LogP contribution in [0.4, 0.5) is 0 Å². The van der Waals surface area contributed by atoms with E-state index in [9.17, 15) is 9.59 Å². The molecule has 2 rings (SSSR count). The molecule has 1 atom stereocenters. The van der Waals surface area contributed by atoms with Gasteiger partial charge in [0.25, 0.3) is 0 Å². The molecule has 0 spiro atoms. The summed E-state index contributed by atoms with van der Waals surface area (Å²) >= 11 is 3.46. The molecule has 6 nitrogen and oxygen atoms in total. The van der Waals surface area contributed by atoms with Crippen molar-refractivity contribution in [2.24, 2.45) is 0 Å². The van der Waals surface area contributed by atoms with Gasteiger partial charge >= 0.3 is 0 Å². The Hall–Kier alpha value is -2.54. The number of halogens is 1. The molecule has 0 radical (unpaired) electrons. The Morgan fingerprint density at radius 2 is 1.74 bits per heavy atom. The zero-order valence-corrected chi connectivity index (χ0v) is 20.1. The fourth-order valence-corrected chi connectivity index (χ4v) is 3.50. The molecule has 0 aliphatic rings. The highest BCUT2D eigenvalue weighted by molar-refractivity contribution is 9.10. The van der Waals surface area contributed by atoms with Gasteiger partial charge in [0.2, 0.25) is 11.8 Å². The summed E-state index contributed by atoms with van der Waals surface area (Å²) in [4.78, 5) is 27.2. The van der Waals surface area contributed by atoms with Crippen molar-refractivity contribution in [3.05, 3.63) is 58.6 Å². The number of hydrogen-bond acceptors (Lipinski definition) is 4. The summed E-state index contributed by atoms with van der Waals surface area (Å²) in [7, 11) is 1.61. The minimum atomic E-state index is -0.573. The van der Waals surface area contributed by atoms with Gasteiger partial charge in [0, 0.05) is 23.5 Å². The Balaban J connectivity index is 1.98. The lowest BCUT2D eigenvalue weighted by molar-refractivity contribution is -0.141. The zero-order valence-electron chi connectivity index (χ0n) is 18.6. The molecule has 0 heterocycles. The monoisotopic (exact) mass is 490 g/mol. The van der Waals surface area contributed by atoms with Crippen molar-refractivity contribution in [3.8, 4) is 11.5 Å². The molecule has 0 fully saturated rings. The van der Waals surface area contributed by atoms with Gasteiger partial charge in [-0.05, 0) is 69.2 Å². The topological polar surface area (TPSA) is 67.9 Å². The Morgan fingerprint density at radius 1 is 1.06 bits per heavy atom. The lowest BCUT2D eigenvalue weighted by atomic mass is 10.1. The van der Waals surface area contributed by atoms with Crippen LogP contribution in [0.5, 0.6) is 11.5 Å². The third kappa shape index (κ3) is 8.25. The van der Waals surface area contributed by atoms with E-state index in [0.29, 0.717) is 26.0 Å². The van der Waals surface area contributed by atoms with Crippen LogP contribution >= 0.6 is 15.9 Å². The molecule has 2 amide bonds. The standard InChI is InChI=1S/C24H31BrN2O4/c1-17(2)26-24(29)18(3)27(16-19-7-5-8-20(25)15-19)23(28)9-6-14-31-22-12-10-21(30-4)11-13-22/h5,7-8,10-13,15,17-18H,6,9,14,16H2,1-4H3,(H,26,29)/t18-/m0/s1. The molecule has 2 aromatic rings. The first kappa shape index (κ1) is 24.7. The molecule has 2 aromatic carbocycles. The van der Waals surface area contributed by atoms with Crippen LogP contribution in [0.1, 0.15) is 39.2 Å². The van der Waals surface area contributed by atoms with Crippen LogP contribution in [0, 0.1) is 0 Å². The van der Waals surface area contributed by atoms with Crippen molar-refractivity contribution in [1.29, 1.82) is 0 Å². The Bertz CT molecular complexity index is 855. The molecule has 0 aromatic heterocycles. The predicted molar refractivity (Wildman–Crippen MR) is 125 cm³/mol. The number of nitrogens with zero attached hydrogens (tertiary/aromatic N) is 1. The molecule has 31 heavy (non-hydrogen) atoms. The maximum absolute atomic E-state index is 13.0. The third-order valence-corrected chi connectivity index (χ3v) is 5.20. The number of rotatable bonds is 11. The van der Waals surface area contributed by atoms with Crippen molar-refractivity contribution in [1.82, 2.24) is 10.2 Å². The van der Waals surface area contributed by atoms with Crippen molar-refractivity contribution in [2.75, 3.05) is 13.7 Å². The lowest BCUT2D eigenvalue weighted by Gasteiger charge is -2.29. The first-order chi connectivity index (χ1) is 14.8. The number of ether oxygens (including phenoxy) is 2. The van der Waals surface area contributed by atoms with E-state index < -0.39 is 6.04 Å². The first-order valence-electron chi connectivity index (χ1n) is 10.4. The third-order valence-electron chi connectivity index (χ3n) is 4.70. The van der Waals surface area contributed by atoms with Crippen LogP contribution in [-0.4, -0.2) is 42.5 Å². The summed E-state index contributed by atoms with van der Waals surface area (Å²) in [5.41, 5.74) is 0.960. The average molecular weight is 491 g/mol. The SMILES string of the molecule is COc1ccc(OCCCC(=O)N(Cc2cccc(Br)c2)[C@@H](C)C(=O)NC(C)C)cc1. The van der Waals surface area contributed by atoms with Gasteiger partial charge in [-0.25, -0.2) is 0 Å². The van der Waals surface area contributed by atoms with Crippen LogP contribution in [0.25, 0.3) is 0 Å². The molecular weight excluding hydrogens is 460 g/mol. The predicted octanol–water partition coefficient (Wildman–Crippen LogP) is 4.56. The van der Waals surface area contributed by atoms with E-state index in [4.69, 9.17) is 9.47 Å². The normalized spacial score (nSPS) is 11.7. The van der Waals surface area contributed by atoms with E-state index in [-0.39, 0.29) is 17.9 Å². The minimum absolute atomic E-state index is 0.00988. The fraction of sp³-hybridized carbons (Fsp3) is 0.417. The molecule has 7 heteroatoms. The number of methoxy groups -OCH3 is 1. The number of carbonyl (C=O) groups is 2. The highest BCUT2D eigenvalue weighted by Crippen LogP contribution is 2.18. The molecule has 168 valence electrons. The van der Waals surface area contributed by atoms with Crippen molar-refractivity contribution in [2.45, 2.75) is 52.2 Å². The van der Waals surface area contributed by atoms with E-state index in [2.05, 4.69) is 21.2 Å². The van der Waals surface area contributed by atoms with Gasteiger partial charge in [-0.3, -0.25) is 9.59 Å². The maximum Gasteiger partial charge on any atom is 0.242 e. The molecule has 0 unspecified atom stereocenters. The van der Waals surface area contributed by atoms with E-state index in [1.54, 1.807) is 18.9 Å². The molecule has 0 saturated carbocycles. The Labute approximate surface area is 193 Å². The highest BCUT2D eigenvalue weighted by atomic mass is 79.9. The van der Waals surface area contributed by atoms with Gasteiger partial charge in [-0.15, -0.1) is 0 Å². The van der Waals surface area contributed by atoms with Crippen LogP contribution in [0.2, 0.25) is 0 Å². The van der Waals surface area contributed by atoms with E-state index in [1.165, 1.54) is 0 Å². The summed E-state index contributed by atoms with van der Waals surface area (Å²) in [6.45, 7) is 6.35. The second-order valence-corrected chi connectivity index (χ2v) is 8.53. The number of nitrogens with one attached hydrogen (secondary N) is 1. The smallest absolute Gasteiger partial charge is 0.242 e. The van der Waals surface area contributed by atoms with Gasteiger partial charge < -0.3 is 19.7 Å². The van der Waals surface area contributed by atoms with E-state index in [1.807, 2.05) is 62.4 Å². The second-order valence-electron chi connectivity index (χ2n) is 7.62. The summed E-state index contributed by atoms with van der Waals surface area (Å²) in [6, 6.07) is 14.5. The summed E-state index contributed by atoms with van der Waals surface area (Å²) < 4.78 is 11.8. The maximum atomic E-state index is 13.0. The van der Waals surface area contributed by atoms with Gasteiger partial charge in [0.05, 0.1) is 13.7 Å². The number of carbonyl (C=O) groups excluding carboxylic acids is 2. The molecule has 0 aliphatic carbocycles. The van der Waals surface area contributed by atoms with E-state index >= 15 is 0 Å². The fourth-order valence-electron chi connectivity index (χ4n) is 3.05. The summed E-state index contributed by atoms with van der Waals surface area (Å²) in [5.74, 6) is 1.25. The first-order valence-corrected chi connectivity index (χ1v) is 11.2. The molecule has 0 aliphatic heterocycles. The van der Waals surface area contributed by atoms with Crippen molar-refractivity contribution < 1.29 is 19.1 Å². The van der Waals surface area contributed by atoms with Gasteiger partial charge in [-0.1, -0.05) is 28.1 Å². The van der Waals surface area contributed by atoms with Crippen molar-refractivity contribution >= 4 is 27.7 Å². The molecule has 1 N–H and O–H groups in total. The lowest BCUT2D eigenvalue weighted by Crippen LogP contribution is -2.49. The van der Waals surface area contributed by atoms with Gasteiger partial charge in [0.1, 0.15) is 17.5 Å². The van der Waals surface area contributed by atoms with Gasteiger partial charge in [-0.2, -0.15) is 0 Å². The van der Waals surface area contributed by atoms with Crippen molar-refractivity contribution in [3.63, 3.8) is 0 Å². The molecule has 0 saturated heterocycles. The van der Waals surface area contributed by atoms with Crippen LogP contribution in [-0.2, 0) is 16.1 Å². The molecular formula is C24H31BrN2O4. The van der Waals surface area contributed by atoms with Crippen LogP contribution in [0.3, 0.4) is 0 Å². The minimum Gasteiger partial charge on any atom is -0.497 e. The largest absolute Gasteiger partial charge is 0.497 e. The Morgan fingerprint density at radius 3 is 2.35 bits per heavy atom. The highest BCUT2D eigenvalue weighted by Gasteiger charge is 2.26. The van der Waals surface area contributed by atoms with Crippen LogP contribution in [0.15, 0.2) is 53.0 Å². The molecule has 0 bridgehead atoms. The van der Waals surface area contributed by atoms with Crippen LogP contribution < -0.4 is 14.8 Å².